The number of rotatable bonds is 0. The first-order valence-corrected chi connectivity index (χ1v) is 7.31. The summed E-state index contributed by atoms with van der Waals surface area (Å²) in [5.74, 6) is -3.78. The molecule has 0 saturated heterocycles. The molecule has 152 valence electrons. The summed E-state index contributed by atoms with van der Waals surface area (Å²) in [4.78, 5) is 31.3. The van der Waals surface area contributed by atoms with Crippen molar-refractivity contribution in [3.63, 3.8) is 0 Å². The fourth-order valence-corrected chi connectivity index (χ4v) is 1.62. The monoisotopic (exact) mass is 437 g/mol. The molecule has 0 fully saturated rings. The molecule has 3 N–H and O–H groups in total. The van der Waals surface area contributed by atoms with Gasteiger partial charge in [-0.05, 0) is 18.2 Å². The van der Waals surface area contributed by atoms with E-state index >= 15 is 0 Å². The zero-order chi connectivity index (χ0) is 20.6. The van der Waals surface area contributed by atoms with Gasteiger partial charge in [-0.15, -0.1) is 14.2 Å². The molecule has 0 atom stereocenters. The number of hydrogen-bond donors (Lipinski definition) is 3. The van der Waals surface area contributed by atoms with E-state index in [9.17, 15) is 30.0 Å². The second-order valence-corrected chi connectivity index (χ2v) is 4.98. The minimum atomic E-state index is -0.725. The minimum absolute atomic E-state index is 0. The van der Waals surface area contributed by atoms with Crippen molar-refractivity contribution in [2.75, 3.05) is 0 Å². The van der Waals surface area contributed by atoms with Crippen molar-refractivity contribution in [1.29, 1.82) is 0 Å². The summed E-state index contributed by atoms with van der Waals surface area (Å²) in [7, 11) is 0. The summed E-state index contributed by atoms with van der Waals surface area (Å²) in [6.45, 7) is 0. The van der Waals surface area contributed by atoms with Crippen molar-refractivity contribution in [3.05, 3.63) is 52.4 Å². The molecule has 3 aliphatic rings. The molecule has 0 aromatic rings. The SMILES string of the molecule is O=C1CC=C[N+]([O-])=C1O.O=C1CC=C[N+]([O-])=C1O.O=C1CC=C[N+]([O-])=C1O.[Fe]. The molecule has 0 saturated carbocycles. The van der Waals surface area contributed by atoms with Gasteiger partial charge in [0.1, 0.15) is 0 Å². The van der Waals surface area contributed by atoms with Gasteiger partial charge in [0.2, 0.25) is 0 Å². The van der Waals surface area contributed by atoms with Crippen LogP contribution in [0.5, 0.6) is 0 Å². The van der Waals surface area contributed by atoms with E-state index in [0.717, 1.165) is 18.6 Å². The molecule has 0 aliphatic carbocycles. The third-order valence-electron chi connectivity index (χ3n) is 3.01. The molecule has 0 radical (unpaired) electrons. The largest absolute Gasteiger partial charge is 0.616 e. The van der Waals surface area contributed by atoms with Gasteiger partial charge in [-0.3, -0.25) is 14.4 Å². The fourth-order valence-electron chi connectivity index (χ4n) is 1.62. The van der Waals surface area contributed by atoms with Gasteiger partial charge in [-0.1, -0.05) is 0 Å². The van der Waals surface area contributed by atoms with E-state index in [-0.39, 0.29) is 50.5 Å². The molecule has 0 unspecified atom stereocenters. The summed E-state index contributed by atoms with van der Waals surface area (Å²) < 4.78 is 0.434. The Morgan fingerprint density at radius 1 is 0.607 bits per heavy atom. The first kappa shape index (κ1) is 24.6. The van der Waals surface area contributed by atoms with Crippen LogP contribution in [0, 0.1) is 15.6 Å². The Labute approximate surface area is 168 Å². The second kappa shape index (κ2) is 11.3. The Morgan fingerprint density at radius 3 is 0.964 bits per heavy atom. The van der Waals surface area contributed by atoms with Gasteiger partial charge in [0.25, 0.3) is 17.3 Å². The molecule has 0 bridgehead atoms. The van der Waals surface area contributed by atoms with Crippen molar-refractivity contribution >= 4 is 35.0 Å². The van der Waals surface area contributed by atoms with E-state index in [1.54, 1.807) is 0 Å². The fraction of sp³-hybridized carbons (Fsp3) is 0.200. The second-order valence-electron chi connectivity index (χ2n) is 4.98. The summed E-state index contributed by atoms with van der Waals surface area (Å²) in [6.07, 6.45) is 7.86. The number of carbonyl (C=O) groups excluding carboxylic acids is 3. The first-order valence-electron chi connectivity index (χ1n) is 7.31. The van der Waals surface area contributed by atoms with Crippen molar-refractivity contribution in [1.82, 2.24) is 0 Å². The summed E-state index contributed by atoms with van der Waals surface area (Å²) in [5, 5.41) is 56.7. The average Bonchev–Trinajstić information content (AvgIpc) is 2.63. The van der Waals surface area contributed by atoms with Gasteiger partial charge >= 0.3 is 17.7 Å². The Balaban J connectivity index is 0.000000384. The van der Waals surface area contributed by atoms with Crippen molar-refractivity contribution < 1.29 is 61.0 Å². The number of Topliss-reactive ketones (excluding diaryl/α,β-unsaturated/α-hetero) is 3. The predicted octanol–water partition coefficient (Wildman–Crippen LogP) is -0.183. The quantitative estimate of drug-likeness (QED) is 0.262. The van der Waals surface area contributed by atoms with Gasteiger partial charge in [0.05, 0.1) is 0 Å². The summed E-state index contributed by atoms with van der Waals surface area (Å²) >= 11 is 0. The minimum Gasteiger partial charge on any atom is -0.616 e. The molecule has 12 nitrogen and oxygen atoms in total. The van der Waals surface area contributed by atoms with E-state index in [1.807, 2.05) is 0 Å². The number of carbonyl (C=O) groups is 3. The van der Waals surface area contributed by atoms with Gasteiger partial charge in [0.15, 0.2) is 18.6 Å². The Morgan fingerprint density at radius 2 is 0.821 bits per heavy atom. The van der Waals surface area contributed by atoms with Crippen LogP contribution in [0.1, 0.15) is 19.3 Å². The number of allylic oxidation sites excluding steroid dienone is 3. The van der Waals surface area contributed by atoms with E-state index in [2.05, 4.69) is 0 Å². The smallest absolute Gasteiger partial charge is 0.421 e. The number of aliphatic hydroxyl groups is 3. The normalized spacial score (nSPS) is 18.2. The van der Waals surface area contributed by atoms with Crippen LogP contribution < -0.4 is 0 Å². The number of ketones is 3. The Hall–Kier alpha value is -3.44. The van der Waals surface area contributed by atoms with Crippen LogP contribution >= 0.6 is 0 Å². The molecule has 3 rings (SSSR count). The van der Waals surface area contributed by atoms with Gasteiger partial charge in [-0.2, -0.15) is 0 Å². The Bertz CT molecular complexity index is 728. The number of hydroxylamine groups is 3. The van der Waals surface area contributed by atoms with E-state index in [4.69, 9.17) is 15.3 Å². The van der Waals surface area contributed by atoms with E-state index < -0.39 is 35.0 Å². The Kier molecular flexibility index (Phi) is 9.92. The van der Waals surface area contributed by atoms with Gasteiger partial charge in [0, 0.05) is 36.3 Å². The standard InChI is InChI=1S/3C5H5NO3.Fe/c3*7-4-2-1-3-6(9)5(4)8;/h3*1,3,8H,2H2;. The topological polar surface area (TPSA) is 190 Å². The van der Waals surface area contributed by atoms with Crippen molar-refractivity contribution in [2.24, 2.45) is 0 Å². The molecule has 0 aromatic heterocycles. The molecule has 0 spiro atoms. The van der Waals surface area contributed by atoms with Crippen LogP contribution in [0.25, 0.3) is 0 Å². The number of hydrogen-bond acceptors (Lipinski definition) is 6. The zero-order valence-corrected chi connectivity index (χ0v) is 15.2. The number of aliphatic hydroxyl groups excluding tert-OH is 3. The predicted molar refractivity (Wildman–Crippen MR) is 90.1 cm³/mol. The maximum Gasteiger partial charge on any atom is 0.421 e. The summed E-state index contributed by atoms with van der Waals surface area (Å²) in [5.41, 5.74) is 0. The molecule has 3 aliphatic heterocycles. The maximum absolute atomic E-state index is 10.4. The van der Waals surface area contributed by atoms with Crippen LogP contribution in [0.4, 0.5) is 0 Å². The van der Waals surface area contributed by atoms with E-state index in [0.29, 0.717) is 0 Å². The third-order valence-corrected chi connectivity index (χ3v) is 3.01. The molecule has 28 heavy (non-hydrogen) atoms. The van der Waals surface area contributed by atoms with Crippen LogP contribution in [0.3, 0.4) is 0 Å². The third kappa shape index (κ3) is 7.05. The van der Waals surface area contributed by atoms with Crippen LogP contribution in [0.2, 0.25) is 0 Å². The van der Waals surface area contributed by atoms with Crippen molar-refractivity contribution in [3.8, 4) is 0 Å². The molecular weight excluding hydrogens is 422 g/mol. The molecule has 3 heterocycles. The van der Waals surface area contributed by atoms with Crippen molar-refractivity contribution in [2.45, 2.75) is 19.3 Å². The van der Waals surface area contributed by atoms with Gasteiger partial charge < -0.3 is 30.9 Å². The zero-order valence-electron chi connectivity index (χ0n) is 14.1. The average molecular weight is 437 g/mol. The first-order chi connectivity index (χ1) is 12.6. The maximum atomic E-state index is 10.4. The number of nitrogens with zero attached hydrogens (tertiary/aromatic N) is 3. The summed E-state index contributed by atoms with van der Waals surface area (Å²) in [6, 6.07) is 0. The van der Waals surface area contributed by atoms with Gasteiger partial charge in [-0.25, -0.2) is 0 Å². The molecule has 13 heteroatoms. The van der Waals surface area contributed by atoms with Crippen LogP contribution in [-0.2, 0) is 31.5 Å². The molecule has 0 amide bonds. The van der Waals surface area contributed by atoms with Crippen LogP contribution in [0.15, 0.2) is 36.8 Å². The molecular formula is C15H15FeN3O9. The van der Waals surface area contributed by atoms with Crippen LogP contribution in [-0.4, -0.2) is 64.6 Å². The molecule has 0 aromatic carbocycles. The van der Waals surface area contributed by atoms with E-state index in [1.165, 1.54) is 18.2 Å².